The first-order valence-corrected chi connectivity index (χ1v) is 5.99. The van der Waals surface area contributed by atoms with Crippen molar-refractivity contribution in [3.63, 3.8) is 0 Å². The van der Waals surface area contributed by atoms with Crippen LogP contribution >= 0.6 is 0 Å². The van der Waals surface area contributed by atoms with Gasteiger partial charge in [0, 0.05) is 17.9 Å². The summed E-state index contributed by atoms with van der Waals surface area (Å²) in [4.78, 5) is 10.9. The van der Waals surface area contributed by atoms with E-state index in [1.807, 2.05) is 6.07 Å². The second kappa shape index (κ2) is 6.98. The van der Waals surface area contributed by atoms with E-state index in [1.165, 1.54) is 6.92 Å². The average molecular weight is 268 g/mol. The number of alkyl halides is 3. The number of hydrogen-bond donors (Lipinski definition) is 0. The highest BCUT2D eigenvalue weighted by atomic mass is 19.4. The first-order chi connectivity index (χ1) is 8.87. The number of benzene rings is 1. The maximum absolute atomic E-state index is 12.4. The van der Waals surface area contributed by atoms with E-state index in [2.05, 4.69) is 11.8 Å². The third-order valence-electron chi connectivity index (χ3n) is 2.52. The SMILES string of the molecule is CC(=O)CCC(C#Cc1ccccc1)CC(F)(F)F. The van der Waals surface area contributed by atoms with Crippen LogP contribution in [0.5, 0.6) is 0 Å². The van der Waals surface area contributed by atoms with Gasteiger partial charge in [-0.3, -0.25) is 0 Å². The van der Waals surface area contributed by atoms with Crippen LogP contribution < -0.4 is 0 Å². The van der Waals surface area contributed by atoms with Crippen LogP contribution in [0.3, 0.4) is 0 Å². The molecular weight excluding hydrogens is 253 g/mol. The smallest absolute Gasteiger partial charge is 0.300 e. The Balaban J connectivity index is 2.73. The van der Waals surface area contributed by atoms with E-state index < -0.39 is 18.5 Å². The molecule has 1 aromatic rings. The topological polar surface area (TPSA) is 17.1 Å². The van der Waals surface area contributed by atoms with Gasteiger partial charge in [0.2, 0.25) is 0 Å². The molecule has 0 heterocycles. The first kappa shape index (κ1) is 15.3. The summed E-state index contributed by atoms with van der Waals surface area (Å²) in [7, 11) is 0. The molecule has 1 rings (SSSR count). The van der Waals surface area contributed by atoms with Crippen molar-refractivity contribution in [2.75, 3.05) is 0 Å². The highest BCUT2D eigenvalue weighted by molar-refractivity contribution is 5.75. The largest absolute Gasteiger partial charge is 0.390 e. The number of rotatable bonds is 4. The summed E-state index contributed by atoms with van der Waals surface area (Å²) in [6.07, 6.45) is -4.95. The Labute approximate surface area is 110 Å². The van der Waals surface area contributed by atoms with E-state index in [-0.39, 0.29) is 18.6 Å². The molecule has 1 nitrogen and oxygen atoms in total. The van der Waals surface area contributed by atoms with E-state index >= 15 is 0 Å². The zero-order valence-electron chi connectivity index (χ0n) is 10.6. The minimum atomic E-state index is -4.26. The maximum Gasteiger partial charge on any atom is 0.390 e. The van der Waals surface area contributed by atoms with Crippen LogP contribution in [-0.2, 0) is 4.79 Å². The van der Waals surface area contributed by atoms with Crippen molar-refractivity contribution in [3.05, 3.63) is 35.9 Å². The Morgan fingerprint density at radius 2 is 1.89 bits per heavy atom. The van der Waals surface area contributed by atoms with Gasteiger partial charge >= 0.3 is 6.18 Å². The monoisotopic (exact) mass is 268 g/mol. The van der Waals surface area contributed by atoms with Gasteiger partial charge in [-0.2, -0.15) is 13.2 Å². The maximum atomic E-state index is 12.4. The molecule has 0 aromatic heterocycles. The number of Topliss-reactive ketones (excluding diaryl/α,β-unsaturated/α-hetero) is 1. The quantitative estimate of drug-likeness (QED) is 0.755. The second-order valence-electron chi connectivity index (χ2n) is 4.39. The van der Waals surface area contributed by atoms with Crippen LogP contribution in [0.15, 0.2) is 30.3 Å². The highest BCUT2D eigenvalue weighted by Crippen LogP contribution is 2.27. The van der Waals surface area contributed by atoms with Gasteiger partial charge in [0.15, 0.2) is 0 Å². The predicted molar refractivity (Wildman–Crippen MR) is 67.4 cm³/mol. The van der Waals surface area contributed by atoms with Gasteiger partial charge in [0.05, 0.1) is 6.42 Å². The molecule has 0 bridgehead atoms. The van der Waals surface area contributed by atoms with Gasteiger partial charge < -0.3 is 4.79 Å². The molecule has 0 N–H and O–H groups in total. The molecule has 4 heteroatoms. The lowest BCUT2D eigenvalue weighted by molar-refractivity contribution is -0.141. The second-order valence-corrected chi connectivity index (χ2v) is 4.39. The molecule has 1 atom stereocenters. The van der Waals surface area contributed by atoms with E-state index in [9.17, 15) is 18.0 Å². The summed E-state index contributed by atoms with van der Waals surface area (Å²) >= 11 is 0. The van der Waals surface area contributed by atoms with Gasteiger partial charge in [-0.05, 0) is 25.5 Å². The van der Waals surface area contributed by atoms with Gasteiger partial charge in [0.25, 0.3) is 0 Å². The molecule has 19 heavy (non-hydrogen) atoms. The number of carbonyl (C=O) groups excluding carboxylic acids is 1. The van der Waals surface area contributed by atoms with Crippen molar-refractivity contribution in [1.29, 1.82) is 0 Å². The molecule has 1 aromatic carbocycles. The number of hydrogen-bond acceptors (Lipinski definition) is 1. The molecular formula is C15H15F3O. The molecule has 0 aliphatic heterocycles. The molecule has 0 fully saturated rings. The normalized spacial score (nSPS) is 12.4. The Hall–Kier alpha value is -1.76. The standard InChI is InChI=1S/C15H15F3O/c1-12(19)7-8-14(11-15(16,17)18)10-9-13-5-3-2-4-6-13/h2-6,14H,7-8,11H2,1H3. The van der Waals surface area contributed by atoms with Crippen molar-refractivity contribution >= 4 is 5.78 Å². The summed E-state index contributed by atoms with van der Waals surface area (Å²) in [5, 5.41) is 0. The lowest BCUT2D eigenvalue weighted by Gasteiger charge is -2.12. The van der Waals surface area contributed by atoms with Crippen LogP contribution in [0.25, 0.3) is 0 Å². The summed E-state index contributed by atoms with van der Waals surface area (Å²) in [6.45, 7) is 1.37. The summed E-state index contributed by atoms with van der Waals surface area (Å²) in [5.74, 6) is 4.41. The van der Waals surface area contributed by atoms with Crippen molar-refractivity contribution in [2.24, 2.45) is 5.92 Å². The number of ketones is 1. The van der Waals surface area contributed by atoms with Crippen molar-refractivity contribution in [3.8, 4) is 11.8 Å². The van der Waals surface area contributed by atoms with Gasteiger partial charge in [-0.15, -0.1) is 0 Å². The molecule has 0 saturated carbocycles. The Morgan fingerprint density at radius 3 is 2.42 bits per heavy atom. The summed E-state index contributed by atoms with van der Waals surface area (Å²) < 4.78 is 37.2. The third kappa shape index (κ3) is 7.30. The van der Waals surface area contributed by atoms with Crippen LogP contribution in [0.1, 0.15) is 31.7 Å². The van der Waals surface area contributed by atoms with Crippen LogP contribution in [0.4, 0.5) is 13.2 Å². The summed E-state index contributed by atoms with van der Waals surface area (Å²) in [5.41, 5.74) is 0.678. The fourth-order valence-corrected chi connectivity index (χ4v) is 1.59. The lowest BCUT2D eigenvalue weighted by Crippen LogP contribution is -2.15. The zero-order chi connectivity index (χ0) is 14.3. The molecule has 0 amide bonds. The molecule has 102 valence electrons. The molecule has 0 aliphatic rings. The highest BCUT2D eigenvalue weighted by Gasteiger charge is 2.31. The molecule has 0 spiro atoms. The molecule has 0 saturated heterocycles. The molecule has 0 aliphatic carbocycles. The Bertz CT molecular complexity index is 466. The van der Waals surface area contributed by atoms with E-state index in [0.717, 1.165) is 0 Å². The fraction of sp³-hybridized carbons (Fsp3) is 0.400. The zero-order valence-corrected chi connectivity index (χ0v) is 10.6. The van der Waals surface area contributed by atoms with E-state index in [0.29, 0.717) is 5.56 Å². The minimum absolute atomic E-state index is 0.117. The lowest BCUT2D eigenvalue weighted by atomic mass is 9.98. The summed E-state index contributed by atoms with van der Waals surface area (Å²) in [6, 6.07) is 8.84. The van der Waals surface area contributed by atoms with Crippen LogP contribution in [0.2, 0.25) is 0 Å². The molecule has 0 radical (unpaired) electrons. The van der Waals surface area contributed by atoms with E-state index in [1.54, 1.807) is 24.3 Å². The van der Waals surface area contributed by atoms with Gasteiger partial charge in [-0.1, -0.05) is 30.0 Å². The Morgan fingerprint density at radius 1 is 1.26 bits per heavy atom. The Kier molecular flexibility index (Phi) is 5.62. The average Bonchev–Trinajstić information content (AvgIpc) is 2.32. The first-order valence-electron chi connectivity index (χ1n) is 5.99. The van der Waals surface area contributed by atoms with Gasteiger partial charge in [-0.25, -0.2) is 0 Å². The predicted octanol–water partition coefficient (Wildman–Crippen LogP) is 3.98. The van der Waals surface area contributed by atoms with Crippen LogP contribution in [-0.4, -0.2) is 12.0 Å². The fourth-order valence-electron chi connectivity index (χ4n) is 1.59. The van der Waals surface area contributed by atoms with Gasteiger partial charge in [0.1, 0.15) is 5.78 Å². The molecule has 1 unspecified atom stereocenters. The van der Waals surface area contributed by atoms with Crippen molar-refractivity contribution in [2.45, 2.75) is 32.4 Å². The minimum Gasteiger partial charge on any atom is -0.300 e. The van der Waals surface area contributed by atoms with Crippen LogP contribution in [0, 0.1) is 17.8 Å². The third-order valence-corrected chi connectivity index (χ3v) is 2.52. The number of halogens is 3. The number of carbonyl (C=O) groups is 1. The van der Waals surface area contributed by atoms with Crippen molar-refractivity contribution < 1.29 is 18.0 Å². The van der Waals surface area contributed by atoms with E-state index in [4.69, 9.17) is 0 Å². The van der Waals surface area contributed by atoms with Crippen molar-refractivity contribution in [1.82, 2.24) is 0 Å².